The maximum absolute atomic E-state index is 12.6. The molecule has 25 heavy (non-hydrogen) atoms. The van der Waals surface area contributed by atoms with E-state index in [0.29, 0.717) is 24.0 Å². The second kappa shape index (κ2) is 8.07. The Balaban J connectivity index is 1.52. The lowest BCUT2D eigenvalue weighted by molar-refractivity contribution is -0.130. The predicted octanol–water partition coefficient (Wildman–Crippen LogP) is 1.93. The van der Waals surface area contributed by atoms with Crippen LogP contribution in [0.5, 0.6) is 0 Å². The van der Waals surface area contributed by atoms with Crippen LogP contribution in [0.4, 0.5) is 0 Å². The minimum atomic E-state index is -2.90. The highest BCUT2D eigenvalue weighted by molar-refractivity contribution is 8.00. The summed E-state index contributed by atoms with van der Waals surface area (Å²) in [6, 6.07) is 0. The van der Waals surface area contributed by atoms with Crippen LogP contribution in [0, 0.1) is 5.92 Å². The molecule has 0 spiro atoms. The fourth-order valence-corrected chi connectivity index (χ4v) is 6.04. The van der Waals surface area contributed by atoms with Gasteiger partial charge in [-0.1, -0.05) is 24.6 Å². The fourth-order valence-electron chi connectivity index (χ4n) is 3.40. The van der Waals surface area contributed by atoms with E-state index in [0.717, 1.165) is 25.9 Å². The van der Waals surface area contributed by atoms with Gasteiger partial charge in [0, 0.05) is 19.5 Å². The Bertz CT molecular complexity index is 696. The van der Waals surface area contributed by atoms with E-state index in [2.05, 4.69) is 10.2 Å². The minimum absolute atomic E-state index is 0.0551. The average Bonchev–Trinajstić information content (AvgIpc) is 3.02. The number of sulfone groups is 1. The molecule has 0 N–H and O–H groups in total. The molecule has 3 heterocycles. The van der Waals surface area contributed by atoms with Gasteiger partial charge in [-0.25, -0.2) is 8.42 Å². The van der Waals surface area contributed by atoms with Crippen molar-refractivity contribution in [2.75, 3.05) is 24.6 Å². The molecule has 7 nitrogen and oxygen atoms in total. The number of rotatable bonds is 5. The lowest BCUT2D eigenvalue weighted by Crippen LogP contribution is -2.37. The zero-order valence-corrected chi connectivity index (χ0v) is 16.1. The van der Waals surface area contributed by atoms with Crippen molar-refractivity contribution in [3.63, 3.8) is 0 Å². The Hall–Kier alpha value is -1.09. The molecule has 0 aliphatic carbocycles. The Labute approximate surface area is 152 Å². The predicted molar refractivity (Wildman–Crippen MR) is 95.1 cm³/mol. The van der Waals surface area contributed by atoms with Gasteiger partial charge in [0.05, 0.1) is 16.8 Å². The smallest absolute Gasteiger partial charge is 0.277 e. The zero-order chi connectivity index (χ0) is 17.9. The minimum Gasteiger partial charge on any atom is -0.416 e. The summed E-state index contributed by atoms with van der Waals surface area (Å²) < 4.78 is 28.7. The average molecular weight is 388 g/mol. The van der Waals surface area contributed by atoms with Crippen LogP contribution in [-0.4, -0.2) is 59.3 Å². The van der Waals surface area contributed by atoms with Gasteiger partial charge in [0.2, 0.25) is 11.8 Å². The van der Waals surface area contributed by atoms with Gasteiger partial charge in [0.25, 0.3) is 5.22 Å². The summed E-state index contributed by atoms with van der Waals surface area (Å²) in [5, 5.41) is 8.13. The van der Waals surface area contributed by atoms with Gasteiger partial charge in [-0.2, -0.15) is 0 Å². The van der Waals surface area contributed by atoms with E-state index in [1.807, 2.05) is 11.8 Å². The summed E-state index contributed by atoms with van der Waals surface area (Å²) in [6.45, 7) is 3.52. The van der Waals surface area contributed by atoms with Crippen molar-refractivity contribution >= 4 is 27.5 Å². The van der Waals surface area contributed by atoms with Crippen LogP contribution in [-0.2, 0) is 21.1 Å². The van der Waals surface area contributed by atoms with Crippen LogP contribution in [0.3, 0.4) is 0 Å². The molecule has 1 aromatic heterocycles. The molecule has 2 saturated heterocycles. The van der Waals surface area contributed by atoms with Crippen LogP contribution in [0.25, 0.3) is 0 Å². The number of aromatic nitrogens is 2. The Morgan fingerprint density at radius 1 is 1.28 bits per heavy atom. The number of likely N-dealkylation sites (tertiary alicyclic amines) is 1. The first-order valence-electron chi connectivity index (χ1n) is 8.91. The maximum atomic E-state index is 12.6. The van der Waals surface area contributed by atoms with Crippen molar-refractivity contribution in [1.29, 1.82) is 0 Å². The van der Waals surface area contributed by atoms with Crippen LogP contribution in [0.1, 0.15) is 44.9 Å². The summed E-state index contributed by atoms with van der Waals surface area (Å²) in [5.74, 6) is 1.07. The molecule has 2 atom stereocenters. The highest BCUT2D eigenvalue weighted by Gasteiger charge is 2.30. The lowest BCUT2D eigenvalue weighted by Gasteiger charge is -2.23. The van der Waals surface area contributed by atoms with Crippen molar-refractivity contribution in [1.82, 2.24) is 15.1 Å². The molecule has 0 saturated carbocycles. The van der Waals surface area contributed by atoms with Gasteiger partial charge in [-0.3, -0.25) is 4.79 Å². The first-order chi connectivity index (χ1) is 11.9. The number of carbonyl (C=O) groups is 1. The van der Waals surface area contributed by atoms with Crippen LogP contribution >= 0.6 is 11.8 Å². The molecule has 1 amide bonds. The Morgan fingerprint density at radius 3 is 2.64 bits per heavy atom. The molecule has 9 heteroatoms. The van der Waals surface area contributed by atoms with Gasteiger partial charge in [-0.15, -0.1) is 10.2 Å². The molecular formula is C16H25N3O4S2. The third kappa shape index (κ3) is 5.20. The van der Waals surface area contributed by atoms with Crippen LogP contribution < -0.4 is 0 Å². The number of hydrogen-bond acceptors (Lipinski definition) is 7. The first kappa shape index (κ1) is 18.7. The summed E-state index contributed by atoms with van der Waals surface area (Å²) in [5.41, 5.74) is 0. The Morgan fingerprint density at radius 2 is 2.00 bits per heavy atom. The number of carbonyl (C=O) groups excluding carboxylic acids is 1. The van der Waals surface area contributed by atoms with Gasteiger partial charge in [-0.05, 0) is 32.1 Å². The number of hydrogen-bond donors (Lipinski definition) is 0. The van der Waals surface area contributed by atoms with Crippen LogP contribution in [0.2, 0.25) is 0 Å². The highest BCUT2D eigenvalue weighted by atomic mass is 32.2. The van der Waals surface area contributed by atoms with E-state index < -0.39 is 9.84 Å². The van der Waals surface area contributed by atoms with Crippen molar-refractivity contribution < 1.29 is 17.6 Å². The second-order valence-electron chi connectivity index (χ2n) is 6.93. The number of amides is 1. The van der Waals surface area contributed by atoms with Gasteiger partial charge in [0.1, 0.15) is 0 Å². The van der Waals surface area contributed by atoms with E-state index in [-0.39, 0.29) is 28.6 Å². The first-order valence-corrected chi connectivity index (χ1v) is 11.6. The number of nitrogens with zero attached hydrogens (tertiary/aromatic N) is 3. The van der Waals surface area contributed by atoms with Gasteiger partial charge < -0.3 is 9.32 Å². The lowest BCUT2D eigenvalue weighted by atomic mass is 10.1. The molecule has 2 aliphatic heterocycles. The molecule has 2 aliphatic rings. The summed E-state index contributed by atoms with van der Waals surface area (Å²) in [4.78, 5) is 14.5. The Kier molecular flexibility index (Phi) is 6.04. The van der Waals surface area contributed by atoms with Crippen molar-refractivity contribution in [3.8, 4) is 0 Å². The van der Waals surface area contributed by atoms with Gasteiger partial charge in [0.15, 0.2) is 9.84 Å². The molecule has 140 valence electrons. The molecular weight excluding hydrogens is 362 g/mol. The molecule has 0 radical (unpaired) electrons. The molecule has 0 aromatic carbocycles. The standard InChI is InChI=1S/C16H25N3O4S2/c1-12(15(20)19-7-4-2-3-5-8-19)24-16-18-17-14(23-16)10-13-6-9-25(21,22)11-13/h12-13H,2-11H2,1H3. The van der Waals surface area contributed by atoms with Crippen molar-refractivity contribution in [2.45, 2.75) is 55.9 Å². The maximum Gasteiger partial charge on any atom is 0.277 e. The van der Waals surface area contributed by atoms with E-state index in [4.69, 9.17) is 4.42 Å². The molecule has 3 rings (SSSR count). The van der Waals surface area contributed by atoms with E-state index in [1.165, 1.54) is 24.6 Å². The monoisotopic (exact) mass is 387 g/mol. The quantitative estimate of drug-likeness (QED) is 0.713. The SMILES string of the molecule is CC(Sc1nnc(CC2CCS(=O)(=O)C2)o1)C(=O)N1CCCCCC1. The zero-order valence-electron chi connectivity index (χ0n) is 14.5. The van der Waals surface area contributed by atoms with E-state index in [1.54, 1.807) is 0 Å². The molecule has 2 fully saturated rings. The van der Waals surface area contributed by atoms with Crippen LogP contribution in [0.15, 0.2) is 9.64 Å². The molecule has 0 bridgehead atoms. The summed E-state index contributed by atoms with van der Waals surface area (Å²) >= 11 is 1.28. The third-order valence-corrected chi connectivity index (χ3v) is 7.54. The summed E-state index contributed by atoms with van der Waals surface area (Å²) in [7, 11) is -2.90. The summed E-state index contributed by atoms with van der Waals surface area (Å²) in [6.07, 6.45) is 5.65. The second-order valence-corrected chi connectivity index (χ2v) is 10.5. The number of thioether (sulfide) groups is 1. The largest absolute Gasteiger partial charge is 0.416 e. The van der Waals surface area contributed by atoms with Gasteiger partial charge >= 0.3 is 0 Å². The van der Waals surface area contributed by atoms with E-state index in [9.17, 15) is 13.2 Å². The van der Waals surface area contributed by atoms with Crippen molar-refractivity contribution in [2.24, 2.45) is 5.92 Å². The van der Waals surface area contributed by atoms with E-state index >= 15 is 0 Å². The molecule has 1 aromatic rings. The highest BCUT2D eigenvalue weighted by Crippen LogP contribution is 2.27. The normalized spacial score (nSPS) is 24.8. The fraction of sp³-hybridized carbons (Fsp3) is 0.812. The molecule has 2 unspecified atom stereocenters. The third-order valence-electron chi connectivity index (χ3n) is 4.78. The van der Waals surface area contributed by atoms with Crippen molar-refractivity contribution in [3.05, 3.63) is 5.89 Å². The topological polar surface area (TPSA) is 93.4 Å².